The summed E-state index contributed by atoms with van der Waals surface area (Å²) in [6.45, 7) is 3.03. The lowest BCUT2D eigenvalue weighted by Gasteiger charge is -2.27. The summed E-state index contributed by atoms with van der Waals surface area (Å²) in [6, 6.07) is 0. The third-order valence-electron chi connectivity index (χ3n) is 4.81. The van der Waals surface area contributed by atoms with E-state index in [1.165, 1.54) is 32.1 Å². The molecule has 0 heterocycles. The predicted octanol–water partition coefficient (Wildman–Crippen LogP) is 3.64. The van der Waals surface area contributed by atoms with E-state index in [0.29, 0.717) is 16.7 Å². The Morgan fingerprint density at radius 3 is 2.53 bits per heavy atom. The van der Waals surface area contributed by atoms with Crippen LogP contribution in [0.1, 0.15) is 58.3 Å². The van der Waals surface area contributed by atoms with E-state index in [2.05, 4.69) is 28.2 Å². The van der Waals surface area contributed by atoms with Crippen LogP contribution in [0.3, 0.4) is 0 Å². The first-order valence-corrected chi connectivity index (χ1v) is 8.02. The zero-order valence-electron chi connectivity index (χ0n) is 10.8. The zero-order valence-corrected chi connectivity index (χ0v) is 12.4. The van der Waals surface area contributed by atoms with Gasteiger partial charge in [0.2, 0.25) is 5.91 Å². The molecule has 2 aliphatic carbocycles. The summed E-state index contributed by atoms with van der Waals surface area (Å²) >= 11 is 3.72. The minimum absolute atomic E-state index is 0.0274. The van der Waals surface area contributed by atoms with Crippen LogP contribution in [0.4, 0.5) is 0 Å². The van der Waals surface area contributed by atoms with E-state index in [4.69, 9.17) is 0 Å². The highest BCUT2D eigenvalue weighted by molar-refractivity contribution is 9.09. The van der Waals surface area contributed by atoms with Crippen LogP contribution in [-0.2, 0) is 4.79 Å². The Morgan fingerprint density at radius 2 is 2.00 bits per heavy atom. The van der Waals surface area contributed by atoms with Crippen LogP contribution in [-0.4, -0.2) is 17.3 Å². The fourth-order valence-corrected chi connectivity index (χ4v) is 4.20. The Kier molecular flexibility index (Phi) is 4.51. The van der Waals surface area contributed by atoms with Crippen LogP contribution < -0.4 is 5.32 Å². The molecule has 0 saturated heterocycles. The van der Waals surface area contributed by atoms with Gasteiger partial charge in [-0.1, -0.05) is 42.1 Å². The Labute approximate surface area is 113 Å². The number of halogens is 1. The van der Waals surface area contributed by atoms with Crippen LogP contribution in [0.15, 0.2) is 0 Å². The molecule has 2 aliphatic rings. The van der Waals surface area contributed by atoms with Crippen molar-refractivity contribution in [3.05, 3.63) is 0 Å². The van der Waals surface area contributed by atoms with Crippen LogP contribution in [0.2, 0.25) is 0 Å². The SMILES string of the molecule is CCC1(C(=O)NCC2CCCC2Br)CCCC1. The van der Waals surface area contributed by atoms with E-state index < -0.39 is 0 Å². The van der Waals surface area contributed by atoms with Crippen molar-refractivity contribution in [2.45, 2.75) is 63.1 Å². The molecule has 0 bridgehead atoms. The van der Waals surface area contributed by atoms with Crippen LogP contribution in [0.25, 0.3) is 0 Å². The van der Waals surface area contributed by atoms with E-state index in [0.717, 1.165) is 25.8 Å². The molecule has 0 aromatic carbocycles. The maximum absolute atomic E-state index is 12.3. The van der Waals surface area contributed by atoms with Crippen LogP contribution >= 0.6 is 15.9 Å². The molecule has 2 fully saturated rings. The highest BCUT2D eigenvalue weighted by atomic mass is 79.9. The van der Waals surface area contributed by atoms with Crippen molar-refractivity contribution in [2.24, 2.45) is 11.3 Å². The van der Waals surface area contributed by atoms with Crippen LogP contribution in [0, 0.1) is 11.3 Å². The minimum atomic E-state index is -0.0274. The number of hydrogen-bond acceptors (Lipinski definition) is 1. The molecular formula is C14H24BrNO. The van der Waals surface area contributed by atoms with Gasteiger partial charge in [0, 0.05) is 16.8 Å². The van der Waals surface area contributed by atoms with Gasteiger partial charge in [0.05, 0.1) is 0 Å². The minimum Gasteiger partial charge on any atom is -0.355 e. The topological polar surface area (TPSA) is 29.1 Å². The number of rotatable bonds is 4. The lowest BCUT2D eigenvalue weighted by atomic mass is 9.82. The fraction of sp³-hybridized carbons (Fsp3) is 0.929. The molecule has 1 amide bonds. The fourth-order valence-electron chi connectivity index (χ4n) is 3.43. The summed E-state index contributed by atoms with van der Waals surface area (Å²) in [5.74, 6) is 0.971. The van der Waals surface area contributed by atoms with Gasteiger partial charge in [-0.3, -0.25) is 4.79 Å². The van der Waals surface area contributed by atoms with Crippen molar-refractivity contribution in [1.29, 1.82) is 0 Å². The molecule has 2 rings (SSSR count). The Morgan fingerprint density at radius 1 is 1.29 bits per heavy atom. The number of hydrogen-bond donors (Lipinski definition) is 1. The number of carbonyl (C=O) groups excluding carboxylic acids is 1. The van der Waals surface area contributed by atoms with E-state index >= 15 is 0 Å². The van der Waals surface area contributed by atoms with Crippen molar-refractivity contribution in [2.75, 3.05) is 6.54 Å². The molecule has 98 valence electrons. The molecule has 2 unspecified atom stereocenters. The number of alkyl halides is 1. The molecule has 0 spiro atoms. The number of carbonyl (C=O) groups is 1. The Balaban J connectivity index is 1.84. The molecule has 3 heteroatoms. The summed E-state index contributed by atoms with van der Waals surface area (Å²) < 4.78 is 0. The molecule has 2 saturated carbocycles. The van der Waals surface area contributed by atoms with Gasteiger partial charge in [-0.2, -0.15) is 0 Å². The summed E-state index contributed by atoms with van der Waals surface area (Å²) in [7, 11) is 0. The third-order valence-corrected chi connectivity index (χ3v) is 6.02. The first kappa shape index (κ1) is 13.4. The van der Waals surface area contributed by atoms with Gasteiger partial charge in [-0.15, -0.1) is 0 Å². The van der Waals surface area contributed by atoms with E-state index in [1.54, 1.807) is 0 Å². The van der Waals surface area contributed by atoms with Crippen molar-refractivity contribution in [3.63, 3.8) is 0 Å². The average molecular weight is 302 g/mol. The second-order valence-electron chi connectivity index (χ2n) is 5.76. The number of nitrogens with one attached hydrogen (secondary N) is 1. The lowest BCUT2D eigenvalue weighted by molar-refractivity contribution is -0.131. The normalized spacial score (nSPS) is 31.6. The van der Waals surface area contributed by atoms with Gasteiger partial charge >= 0.3 is 0 Å². The smallest absolute Gasteiger partial charge is 0.226 e. The summed E-state index contributed by atoms with van der Waals surface area (Å²) in [4.78, 5) is 13.0. The summed E-state index contributed by atoms with van der Waals surface area (Å²) in [5, 5.41) is 3.22. The highest BCUT2D eigenvalue weighted by Gasteiger charge is 2.39. The summed E-state index contributed by atoms with van der Waals surface area (Å²) in [5.41, 5.74) is -0.0274. The second-order valence-corrected chi connectivity index (χ2v) is 6.93. The quantitative estimate of drug-likeness (QED) is 0.789. The maximum Gasteiger partial charge on any atom is 0.226 e. The van der Waals surface area contributed by atoms with Crippen LogP contribution in [0.5, 0.6) is 0 Å². The molecule has 0 aromatic rings. The first-order valence-electron chi connectivity index (χ1n) is 7.10. The van der Waals surface area contributed by atoms with E-state index in [9.17, 15) is 4.79 Å². The number of amides is 1. The maximum atomic E-state index is 12.3. The lowest BCUT2D eigenvalue weighted by Crippen LogP contribution is -2.41. The van der Waals surface area contributed by atoms with Gasteiger partial charge in [-0.25, -0.2) is 0 Å². The molecular weight excluding hydrogens is 278 g/mol. The molecule has 2 atom stereocenters. The second kappa shape index (κ2) is 5.73. The zero-order chi connectivity index (χ0) is 12.3. The average Bonchev–Trinajstić information content (AvgIpc) is 2.95. The molecule has 2 nitrogen and oxygen atoms in total. The molecule has 17 heavy (non-hydrogen) atoms. The Bertz CT molecular complexity index is 273. The van der Waals surface area contributed by atoms with E-state index in [1.807, 2.05) is 0 Å². The van der Waals surface area contributed by atoms with Gasteiger partial charge in [0.25, 0.3) is 0 Å². The van der Waals surface area contributed by atoms with Crippen molar-refractivity contribution < 1.29 is 4.79 Å². The van der Waals surface area contributed by atoms with Crippen molar-refractivity contribution in [1.82, 2.24) is 5.32 Å². The first-order chi connectivity index (χ1) is 8.18. The third kappa shape index (κ3) is 2.86. The van der Waals surface area contributed by atoms with Gasteiger partial charge in [0.1, 0.15) is 0 Å². The largest absolute Gasteiger partial charge is 0.355 e. The van der Waals surface area contributed by atoms with Crippen molar-refractivity contribution >= 4 is 21.8 Å². The monoisotopic (exact) mass is 301 g/mol. The van der Waals surface area contributed by atoms with E-state index in [-0.39, 0.29) is 5.41 Å². The van der Waals surface area contributed by atoms with Gasteiger partial charge in [-0.05, 0) is 38.0 Å². The predicted molar refractivity (Wildman–Crippen MR) is 74.3 cm³/mol. The standard InChI is InChI=1S/C14H24BrNO/c1-2-14(8-3-4-9-14)13(17)16-10-11-6-5-7-12(11)15/h11-12H,2-10H2,1H3,(H,16,17). The molecule has 0 aromatic heterocycles. The molecule has 0 aliphatic heterocycles. The summed E-state index contributed by atoms with van der Waals surface area (Å²) in [6.07, 6.45) is 9.47. The Hall–Kier alpha value is -0.0500. The molecule has 1 N–H and O–H groups in total. The molecule has 0 radical (unpaired) electrons. The van der Waals surface area contributed by atoms with Gasteiger partial charge < -0.3 is 5.32 Å². The van der Waals surface area contributed by atoms with Gasteiger partial charge in [0.15, 0.2) is 0 Å². The highest BCUT2D eigenvalue weighted by Crippen LogP contribution is 2.41. The van der Waals surface area contributed by atoms with Crippen molar-refractivity contribution in [3.8, 4) is 0 Å².